The Labute approximate surface area is 160 Å². The maximum absolute atomic E-state index is 6.03. The van der Waals surface area contributed by atoms with Crippen LogP contribution in [0.1, 0.15) is 16.7 Å². The molecule has 138 valence electrons. The van der Waals surface area contributed by atoms with Crippen LogP contribution in [0.3, 0.4) is 0 Å². The third-order valence-corrected chi connectivity index (χ3v) is 4.68. The fourth-order valence-electron chi connectivity index (χ4n) is 3.33. The van der Waals surface area contributed by atoms with Crippen molar-refractivity contribution in [2.75, 3.05) is 26.4 Å². The zero-order chi connectivity index (χ0) is 18.3. The molecule has 0 spiro atoms. The molecule has 0 saturated carbocycles. The summed E-state index contributed by atoms with van der Waals surface area (Å²) in [6.45, 7) is 3.54. The number of hydrogen-bond acceptors (Lipinski definition) is 4. The number of hydrogen-bond donors (Lipinski definition) is 1. The first-order valence-corrected chi connectivity index (χ1v) is 9.41. The minimum absolute atomic E-state index is 0.555. The van der Waals surface area contributed by atoms with E-state index in [2.05, 4.69) is 58.8 Å². The van der Waals surface area contributed by atoms with Crippen molar-refractivity contribution in [2.24, 2.45) is 0 Å². The van der Waals surface area contributed by atoms with Gasteiger partial charge in [-0.15, -0.1) is 0 Å². The molecule has 1 N–H and O–H groups in total. The Bertz CT molecular complexity index is 881. The minimum Gasteiger partial charge on any atom is -0.491 e. The SMILES string of the molecule is c1cc2cc(c1)Cc1cc(-c3cccnc3)ccc1OCCOCCNC2. The van der Waals surface area contributed by atoms with Crippen molar-refractivity contribution < 1.29 is 9.47 Å². The topological polar surface area (TPSA) is 43.4 Å². The van der Waals surface area contributed by atoms with E-state index in [1.165, 1.54) is 16.7 Å². The summed E-state index contributed by atoms with van der Waals surface area (Å²) in [6.07, 6.45) is 4.52. The summed E-state index contributed by atoms with van der Waals surface area (Å²) in [5.74, 6) is 0.923. The number of nitrogens with one attached hydrogen (secondary N) is 1. The molecule has 27 heavy (non-hydrogen) atoms. The highest BCUT2D eigenvalue weighted by molar-refractivity contribution is 5.65. The number of nitrogens with zero attached hydrogens (tertiary/aromatic N) is 1. The maximum Gasteiger partial charge on any atom is 0.122 e. The predicted octanol–water partition coefficient (Wildman–Crippen LogP) is 3.84. The quantitative estimate of drug-likeness (QED) is 0.716. The first-order chi connectivity index (χ1) is 13.4. The van der Waals surface area contributed by atoms with E-state index < -0.39 is 0 Å². The lowest BCUT2D eigenvalue weighted by molar-refractivity contribution is 0.101. The van der Waals surface area contributed by atoms with Gasteiger partial charge in [0.1, 0.15) is 12.4 Å². The molecule has 1 aliphatic heterocycles. The molecule has 3 aromatic rings. The van der Waals surface area contributed by atoms with Gasteiger partial charge in [-0.25, -0.2) is 0 Å². The summed E-state index contributed by atoms with van der Waals surface area (Å²) >= 11 is 0. The number of aromatic nitrogens is 1. The highest BCUT2D eigenvalue weighted by Crippen LogP contribution is 2.28. The molecule has 0 radical (unpaired) electrons. The molecule has 0 aliphatic carbocycles. The number of pyridine rings is 1. The summed E-state index contributed by atoms with van der Waals surface area (Å²) in [6, 6.07) is 19.1. The zero-order valence-electron chi connectivity index (χ0n) is 15.4. The van der Waals surface area contributed by atoms with Crippen LogP contribution in [-0.2, 0) is 17.7 Å². The number of ether oxygens (including phenoxy) is 2. The normalized spacial score (nSPS) is 15.3. The Morgan fingerprint density at radius 2 is 1.81 bits per heavy atom. The van der Waals surface area contributed by atoms with Crippen LogP contribution in [0.4, 0.5) is 0 Å². The van der Waals surface area contributed by atoms with E-state index in [1.54, 1.807) is 6.20 Å². The van der Waals surface area contributed by atoms with Crippen molar-refractivity contribution in [3.63, 3.8) is 0 Å². The number of benzene rings is 2. The summed E-state index contributed by atoms with van der Waals surface area (Å²) in [4.78, 5) is 4.24. The molecule has 0 atom stereocenters. The molecule has 0 amide bonds. The van der Waals surface area contributed by atoms with E-state index in [0.717, 1.165) is 36.4 Å². The molecule has 1 aliphatic rings. The second-order valence-electron chi connectivity index (χ2n) is 6.70. The third-order valence-electron chi connectivity index (χ3n) is 4.68. The second-order valence-corrected chi connectivity index (χ2v) is 6.70. The maximum atomic E-state index is 6.03. The van der Waals surface area contributed by atoms with Gasteiger partial charge in [0.15, 0.2) is 0 Å². The molecular formula is C23H24N2O2. The van der Waals surface area contributed by atoms with Crippen molar-refractivity contribution >= 4 is 0 Å². The molecule has 4 nitrogen and oxygen atoms in total. The van der Waals surface area contributed by atoms with Crippen LogP contribution in [0.15, 0.2) is 67.0 Å². The van der Waals surface area contributed by atoms with Crippen LogP contribution in [0.25, 0.3) is 11.1 Å². The Morgan fingerprint density at radius 1 is 0.852 bits per heavy atom. The fraction of sp³-hybridized carbons (Fsp3) is 0.261. The lowest BCUT2D eigenvalue weighted by atomic mass is 9.98. The first kappa shape index (κ1) is 17.7. The fourth-order valence-corrected chi connectivity index (χ4v) is 3.33. The molecule has 0 saturated heterocycles. The van der Waals surface area contributed by atoms with Gasteiger partial charge in [-0.1, -0.05) is 36.4 Å². The lowest BCUT2D eigenvalue weighted by Crippen LogP contribution is -2.21. The molecule has 0 fully saturated rings. The van der Waals surface area contributed by atoms with Crippen molar-refractivity contribution in [1.29, 1.82) is 0 Å². The van der Waals surface area contributed by atoms with Crippen LogP contribution in [0.5, 0.6) is 5.75 Å². The summed E-state index contributed by atoms with van der Waals surface area (Å²) < 4.78 is 11.7. The number of fused-ring (bicyclic) bond motifs is 3. The van der Waals surface area contributed by atoms with Gasteiger partial charge in [0.2, 0.25) is 0 Å². The van der Waals surface area contributed by atoms with Crippen molar-refractivity contribution in [1.82, 2.24) is 10.3 Å². The Hall–Kier alpha value is -2.69. The zero-order valence-corrected chi connectivity index (χ0v) is 15.4. The molecular weight excluding hydrogens is 336 g/mol. The van der Waals surface area contributed by atoms with E-state index in [4.69, 9.17) is 9.47 Å². The average molecular weight is 360 g/mol. The van der Waals surface area contributed by atoms with Gasteiger partial charge in [0, 0.05) is 37.5 Å². The minimum atomic E-state index is 0.555. The van der Waals surface area contributed by atoms with Crippen LogP contribution in [-0.4, -0.2) is 31.3 Å². The molecule has 4 rings (SSSR count). The van der Waals surface area contributed by atoms with Crippen LogP contribution < -0.4 is 10.1 Å². The lowest BCUT2D eigenvalue weighted by Gasteiger charge is -2.15. The smallest absolute Gasteiger partial charge is 0.122 e. The Balaban J connectivity index is 1.68. The van der Waals surface area contributed by atoms with Crippen LogP contribution in [0, 0.1) is 0 Å². The van der Waals surface area contributed by atoms with Gasteiger partial charge in [-0.3, -0.25) is 4.98 Å². The third kappa shape index (κ3) is 4.73. The van der Waals surface area contributed by atoms with E-state index in [-0.39, 0.29) is 0 Å². The van der Waals surface area contributed by atoms with E-state index in [0.29, 0.717) is 19.8 Å². The van der Waals surface area contributed by atoms with Gasteiger partial charge in [-0.2, -0.15) is 0 Å². The summed E-state index contributed by atoms with van der Waals surface area (Å²) in [7, 11) is 0. The van der Waals surface area contributed by atoms with E-state index >= 15 is 0 Å². The van der Waals surface area contributed by atoms with Crippen LogP contribution >= 0.6 is 0 Å². The van der Waals surface area contributed by atoms with Gasteiger partial charge >= 0.3 is 0 Å². The highest BCUT2D eigenvalue weighted by atomic mass is 16.5. The summed E-state index contributed by atoms with van der Waals surface area (Å²) in [5, 5.41) is 3.42. The van der Waals surface area contributed by atoms with Gasteiger partial charge < -0.3 is 14.8 Å². The van der Waals surface area contributed by atoms with Crippen molar-refractivity contribution in [3.8, 4) is 16.9 Å². The average Bonchev–Trinajstić information content (AvgIpc) is 2.71. The largest absolute Gasteiger partial charge is 0.491 e. The first-order valence-electron chi connectivity index (χ1n) is 9.41. The predicted molar refractivity (Wildman–Crippen MR) is 107 cm³/mol. The second kappa shape index (κ2) is 8.80. The van der Waals surface area contributed by atoms with E-state index in [9.17, 15) is 0 Å². The van der Waals surface area contributed by atoms with Gasteiger partial charge in [-0.05, 0) is 40.5 Å². The Morgan fingerprint density at radius 3 is 2.74 bits per heavy atom. The molecule has 2 aromatic carbocycles. The molecule has 2 heterocycles. The van der Waals surface area contributed by atoms with E-state index in [1.807, 2.05) is 12.3 Å². The van der Waals surface area contributed by atoms with Gasteiger partial charge in [0.05, 0.1) is 13.2 Å². The molecule has 1 aromatic heterocycles. The molecule has 0 unspecified atom stereocenters. The summed E-state index contributed by atoms with van der Waals surface area (Å²) in [5.41, 5.74) is 6.02. The molecule has 2 bridgehead atoms. The monoisotopic (exact) mass is 360 g/mol. The molecule has 4 heteroatoms. The van der Waals surface area contributed by atoms with Crippen LogP contribution in [0.2, 0.25) is 0 Å². The Kier molecular flexibility index (Phi) is 5.77. The van der Waals surface area contributed by atoms with Crippen molar-refractivity contribution in [3.05, 3.63) is 83.7 Å². The highest BCUT2D eigenvalue weighted by Gasteiger charge is 2.09. The number of rotatable bonds is 1. The standard InChI is InChI=1S/C23H24N2O2/c1-3-18-13-19(4-1)16-25-9-10-26-11-12-27-23-7-6-20(15-22(23)14-18)21-5-2-8-24-17-21/h1-8,13,15,17,25H,9-12,14,16H2. The van der Waals surface area contributed by atoms with Gasteiger partial charge in [0.25, 0.3) is 0 Å². The van der Waals surface area contributed by atoms with Crippen molar-refractivity contribution in [2.45, 2.75) is 13.0 Å².